The number of aliphatic hydroxyl groups is 1. The van der Waals surface area contributed by atoms with Gasteiger partial charge in [-0.2, -0.15) is 0 Å². The van der Waals surface area contributed by atoms with E-state index < -0.39 is 5.97 Å². The minimum atomic E-state index is -0.773. The molecular weight excluding hydrogens is 224 g/mol. The van der Waals surface area contributed by atoms with Crippen molar-refractivity contribution in [1.29, 1.82) is 0 Å². The number of rotatable bonds is 5. The van der Waals surface area contributed by atoms with Gasteiger partial charge in [-0.3, -0.25) is 4.79 Å². The second-order valence-corrected chi connectivity index (χ2v) is 4.47. The highest BCUT2D eigenvalue weighted by Gasteiger charge is 2.32. The van der Waals surface area contributed by atoms with Gasteiger partial charge in [0.05, 0.1) is 12.5 Å². The molecule has 98 valence electrons. The van der Waals surface area contributed by atoms with Gasteiger partial charge in [-0.25, -0.2) is 4.79 Å². The summed E-state index contributed by atoms with van der Waals surface area (Å²) in [6, 6.07) is -0.268. The molecule has 1 fully saturated rings. The molecule has 6 nitrogen and oxygen atoms in total. The van der Waals surface area contributed by atoms with Crippen molar-refractivity contribution in [2.45, 2.75) is 19.3 Å². The van der Waals surface area contributed by atoms with Crippen LogP contribution in [-0.2, 0) is 4.79 Å². The molecule has 0 aromatic rings. The molecule has 2 atom stereocenters. The van der Waals surface area contributed by atoms with Crippen LogP contribution in [0.25, 0.3) is 0 Å². The topological polar surface area (TPSA) is 89.9 Å². The van der Waals surface area contributed by atoms with Crippen molar-refractivity contribution in [3.8, 4) is 0 Å². The van der Waals surface area contributed by atoms with Gasteiger partial charge in [0.15, 0.2) is 0 Å². The van der Waals surface area contributed by atoms with Crippen LogP contribution >= 0.6 is 0 Å². The van der Waals surface area contributed by atoms with Crippen LogP contribution in [0.4, 0.5) is 4.79 Å². The Bertz CT molecular complexity index is 283. The zero-order valence-electron chi connectivity index (χ0n) is 10.1. The van der Waals surface area contributed by atoms with E-state index in [1.807, 2.05) is 0 Å². The quantitative estimate of drug-likeness (QED) is 0.641. The van der Waals surface area contributed by atoms with Gasteiger partial charge >= 0.3 is 12.0 Å². The molecular formula is C11H20N2O4. The summed E-state index contributed by atoms with van der Waals surface area (Å²) in [5.41, 5.74) is 0. The van der Waals surface area contributed by atoms with Crippen molar-refractivity contribution >= 4 is 12.0 Å². The van der Waals surface area contributed by atoms with Crippen LogP contribution < -0.4 is 5.32 Å². The predicted molar refractivity (Wildman–Crippen MR) is 61.6 cm³/mol. The Morgan fingerprint density at radius 1 is 1.41 bits per heavy atom. The Morgan fingerprint density at radius 3 is 2.71 bits per heavy atom. The fourth-order valence-corrected chi connectivity index (χ4v) is 2.21. The maximum absolute atomic E-state index is 11.5. The summed E-state index contributed by atoms with van der Waals surface area (Å²) < 4.78 is 0. The van der Waals surface area contributed by atoms with E-state index in [4.69, 9.17) is 10.2 Å². The summed E-state index contributed by atoms with van der Waals surface area (Å²) in [4.78, 5) is 23.8. The van der Waals surface area contributed by atoms with Crippen molar-refractivity contribution in [3.63, 3.8) is 0 Å². The standard InChI is InChI=1S/C11H20N2O4/c1-13(5-6-14)11(17)12-7-8-3-2-4-9(8)10(15)16/h8-9,14H,2-7H2,1H3,(H,12,17)(H,15,16). The SMILES string of the molecule is CN(CCO)C(=O)NCC1CCCC1C(=O)O. The number of aliphatic hydroxyl groups excluding tert-OH is 1. The van der Waals surface area contributed by atoms with Crippen LogP contribution in [0.2, 0.25) is 0 Å². The van der Waals surface area contributed by atoms with E-state index in [1.165, 1.54) is 4.90 Å². The van der Waals surface area contributed by atoms with Gasteiger partial charge in [0.2, 0.25) is 0 Å². The Balaban J connectivity index is 2.34. The van der Waals surface area contributed by atoms with Gasteiger partial charge in [-0.1, -0.05) is 6.42 Å². The molecule has 6 heteroatoms. The van der Waals surface area contributed by atoms with Gasteiger partial charge in [0, 0.05) is 20.1 Å². The van der Waals surface area contributed by atoms with Crippen LogP contribution in [0.1, 0.15) is 19.3 Å². The summed E-state index contributed by atoms with van der Waals surface area (Å²) in [7, 11) is 1.59. The van der Waals surface area contributed by atoms with Crippen molar-refractivity contribution < 1.29 is 19.8 Å². The second kappa shape index (κ2) is 6.44. The van der Waals surface area contributed by atoms with E-state index >= 15 is 0 Å². The van der Waals surface area contributed by atoms with E-state index in [-0.39, 0.29) is 31.0 Å². The van der Waals surface area contributed by atoms with Crippen LogP contribution in [0.5, 0.6) is 0 Å². The van der Waals surface area contributed by atoms with Gasteiger partial charge < -0.3 is 20.4 Å². The van der Waals surface area contributed by atoms with Crippen molar-refractivity contribution in [2.75, 3.05) is 26.7 Å². The molecule has 0 aliphatic heterocycles. The lowest BCUT2D eigenvalue weighted by Crippen LogP contribution is -2.41. The zero-order valence-corrected chi connectivity index (χ0v) is 10.1. The number of hydrogen-bond acceptors (Lipinski definition) is 3. The fourth-order valence-electron chi connectivity index (χ4n) is 2.21. The third-order valence-electron chi connectivity index (χ3n) is 3.27. The van der Waals surface area contributed by atoms with E-state index in [0.29, 0.717) is 13.0 Å². The number of nitrogens with zero attached hydrogens (tertiary/aromatic N) is 1. The predicted octanol–water partition coefficient (Wildman–Crippen LogP) is 0.121. The minimum Gasteiger partial charge on any atom is -0.481 e. The largest absolute Gasteiger partial charge is 0.481 e. The molecule has 1 aliphatic carbocycles. The summed E-state index contributed by atoms with van der Waals surface area (Å²) >= 11 is 0. The molecule has 3 N–H and O–H groups in total. The number of aliphatic carboxylic acids is 1. The number of carbonyl (C=O) groups is 2. The van der Waals surface area contributed by atoms with Crippen LogP contribution in [0.15, 0.2) is 0 Å². The number of carboxylic acid groups (broad SMARTS) is 1. The van der Waals surface area contributed by atoms with Crippen LogP contribution in [0, 0.1) is 11.8 Å². The normalized spacial score (nSPS) is 23.4. The van der Waals surface area contributed by atoms with Crippen molar-refractivity contribution in [2.24, 2.45) is 11.8 Å². The lowest BCUT2D eigenvalue weighted by atomic mass is 9.96. The zero-order chi connectivity index (χ0) is 12.8. The number of carboxylic acids is 1. The Hall–Kier alpha value is -1.30. The highest BCUT2D eigenvalue weighted by Crippen LogP contribution is 2.31. The second-order valence-electron chi connectivity index (χ2n) is 4.47. The monoisotopic (exact) mass is 244 g/mol. The van der Waals surface area contributed by atoms with Gasteiger partial charge in [-0.15, -0.1) is 0 Å². The van der Waals surface area contributed by atoms with Gasteiger partial charge in [-0.05, 0) is 18.8 Å². The van der Waals surface area contributed by atoms with E-state index in [9.17, 15) is 9.59 Å². The number of likely N-dealkylation sites (N-methyl/N-ethyl adjacent to an activating group) is 1. The maximum Gasteiger partial charge on any atom is 0.317 e. The van der Waals surface area contributed by atoms with Crippen LogP contribution in [0.3, 0.4) is 0 Å². The lowest BCUT2D eigenvalue weighted by molar-refractivity contribution is -0.142. The Kier molecular flexibility index (Phi) is 5.21. The first-order valence-corrected chi connectivity index (χ1v) is 5.89. The van der Waals surface area contributed by atoms with E-state index in [2.05, 4.69) is 5.32 Å². The molecule has 0 spiro atoms. The maximum atomic E-state index is 11.5. The Labute approximate surface area is 101 Å². The molecule has 0 saturated heterocycles. The van der Waals surface area contributed by atoms with Crippen molar-refractivity contribution in [1.82, 2.24) is 10.2 Å². The average molecular weight is 244 g/mol. The molecule has 2 unspecified atom stereocenters. The first-order valence-electron chi connectivity index (χ1n) is 5.89. The summed E-state index contributed by atoms with van der Waals surface area (Å²) in [6.45, 7) is 0.593. The molecule has 2 amide bonds. The molecule has 0 heterocycles. The molecule has 1 saturated carbocycles. The summed E-state index contributed by atoms with van der Waals surface area (Å²) in [6.07, 6.45) is 2.45. The molecule has 1 aliphatic rings. The fraction of sp³-hybridized carbons (Fsp3) is 0.818. The van der Waals surface area contributed by atoms with E-state index in [1.54, 1.807) is 7.05 Å². The number of urea groups is 1. The number of carbonyl (C=O) groups excluding carboxylic acids is 1. The average Bonchev–Trinajstić information content (AvgIpc) is 2.74. The first kappa shape index (κ1) is 13.8. The third kappa shape index (κ3) is 3.89. The highest BCUT2D eigenvalue weighted by atomic mass is 16.4. The molecule has 17 heavy (non-hydrogen) atoms. The minimum absolute atomic E-state index is 0.0268. The first-order chi connectivity index (χ1) is 8.06. The van der Waals surface area contributed by atoms with Gasteiger partial charge in [0.25, 0.3) is 0 Å². The third-order valence-corrected chi connectivity index (χ3v) is 3.27. The highest BCUT2D eigenvalue weighted by molar-refractivity contribution is 5.74. The lowest BCUT2D eigenvalue weighted by Gasteiger charge is -2.20. The van der Waals surface area contributed by atoms with Gasteiger partial charge in [0.1, 0.15) is 0 Å². The smallest absolute Gasteiger partial charge is 0.317 e. The molecule has 0 aromatic heterocycles. The number of nitrogens with one attached hydrogen (secondary N) is 1. The molecule has 0 aromatic carbocycles. The summed E-state index contributed by atoms with van der Waals surface area (Å²) in [5.74, 6) is -1.08. The molecule has 0 radical (unpaired) electrons. The van der Waals surface area contributed by atoms with E-state index in [0.717, 1.165) is 12.8 Å². The van der Waals surface area contributed by atoms with Crippen molar-refractivity contribution in [3.05, 3.63) is 0 Å². The van der Waals surface area contributed by atoms with Crippen LogP contribution in [-0.4, -0.2) is 53.9 Å². The number of hydrogen-bond donors (Lipinski definition) is 3. The molecule has 1 rings (SSSR count). The molecule has 0 bridgehead atoms. The Morgan fingerprint density at radius 2 is 2.12 bits per heavy atom. The summed E-state index contributed by atoms with van der Waals surface area (Å²) in [5, 5.41) is 20.4. The number of amides is 2.